The molecule has 1 rings (SSSR count). The highest BCUT2D eigenvalue weighted by Crippen LogP contribution is 2.24. The van der Waals surface area contributed by atoms with Gasteiger partial charge in [-0.3, -0.25) is 0 Å². The third-order valence-electron chi connectivity index (χ3n) is 2.22. The average molecular weight is 203 g/mol. The van der Waals surface area contributed by atoms with Crippen LogP contribution in [0.5, 0.6) is 5.75 Å². The van der Waals surface area contributed by atoms with E-state index in [4.69, 9.17) is 10.5 Å². The second-order valence-corrected chi connectivity index (χ2v) is 3.48. The van der Waals surface area contributed by atoms with Crippen molar-refractivity contribution in [2.45, 2.75) is 27.3 Å². The summed E-state index contributed by atoms with van der Waals surface area (Å²) < 4.78 is 5.59. The number of rotatable bonds is 3. The molecule has 0 amide bonds. The lowest BCUT2D eigenvalue weighted by molar-refractivity contribution is 0.364. The monoisotopic (exact) mass is 203 g/mol. The minimum atomic E-state index is 0.445. The molecule has 0 aliphatic carbocycles. The minimum Gasteiger partial charge on any atom is -0.480 e. The molecule has 0 saturated heterocycles. The predicted octanol–water partition coefficient (Wildman–Crippen LogP) is 2.16. The first kappa shape index (κ1) is 11.6. The van der Waals surface area contributed by atoms with Gasteiger partial charge in [0.1, 0.15) is 12.4 Å². The van der Waals surface area contributed by atoms with E-state index in [-0.39, 0.29) is 0 Å². The van der Waals surface area contributed by atoms with Crippen molar-refractivity contribution in [3.8, 4) is 17.6 Å². The topological polar surface area (TPSA) is 35.2 Å². The highest BCUT2D eigenvalue weighted by molar-refractivity contribution is 5.43. The number of benzene rings is 1. The molecule has 0 spiro atoms. The summed E-state index contributed by atoms with van der Waals surface area (Å²) in [5.74, 6) is 6.61. The molecule has 0 fully saturated rings. The smallest absolute Gasteiger partial charge is 0.149 e. The third-order valence-corrected chi connectivity index (χ3v) is 2.22. The van der Waals surface area contributed by atoms with Gasteiger partial charge in [0, 0.05) is 6.54 Å². The lowest BCUT2D eigenvalue weighted by Crippen LogP contribution is -2.02. The Morgan fingerprint density at radius 3 is 2.33 bits per heavy atom. The van der Waals surface area contributed by atoms with Gasteiger partial charge in [0.15, 0.2) is 0 Å². The molecule has 0 atom stereocenters. The Morgan fingerprint density at radius 2 is 1.87 bits per heavy atom. The van der Waals surface area contributed by atoms with E-state index in [1.165, 1.54) is 0 Å². The Labute approximate surface area is 91.4 Å². The highest BCUT2D eigenvalue weighted by atomic mass is 16.5. The van der Waals surface area contributed by atoms with Crippen molar-refractivity contribution >= 4 is 0 Å². The van der Waals surface area contributed by atoms with Crippen molar-refractivity contribution in [2.24, 2.45) is 5.73 Å². The van der Waals surface area contributed by atoms with Gasteiger partial charge in [0.25, 0.3) is 0 Å². The van der Waals surface area contributed by atoms with Crippen LogP contribution in [0.25, 0.3) is 0 Å². The summed E-state index contributed by atoms with van der Waals surface area (Å²) >= 11 is 0. The predicted molar refractivity (Wildman–Crippen MR) is 62.8 cm³/mol. The summed E-state index contributed by atoms with van der Waals surface area (Å²) in [5, 5.41) is 0. The molecule has 15 heavy (non-hydrogen) atoms. The van der Waals surface area contributed by atoms with E-state index in [2.05, 4.69) is 24.0 Å². The van der Waals surface area contributed by atoms with Crippen LogP contribution in [0.15, 0.2) is 12.1 Å². The zero-order valence-corrected chi connectivity index (χ0v) is 9.55. The Balaban J connectivity index is 2.91. The van der Waals surface area contributed by atoms with Gasteiger partial charge in [0.05, 0.1) is 0 Å². The van der Waals surface area contributed by atoms with Crippen LogP contribution >= 0.6 is 0 Å². The molecule has 0 saturated carbocycles. The van der Waals surface area contributed by atoms with Crippen LogP contribution in [0.2, 0.25) is 0 Å². The average Bonchev–Trinajstić information content (AvgIpc) is 2.22. The largest absolute Gasteiger partial charge is 0.480 e. The fourth-order valence-electron chi connectivity index (χ4n) is 1.57. The number of aryl methyl sites for hydroxylation is 2. The number of hydrogen-bond donors (Lipinski definition) is 1. The van der Waals surface area contributed by atoms with E-state index < -0.39 is 0 Å². The second kappa shape index (κ2) is 5.43. The van der Waals surface area contributed by atoms with E-state index >= 15 is 0 Å². The van der Waals surface area contributed by atoms with E-state index in [0.717, 1.165) is 22.4 Å². The maximum atomic E-state index is 5.60. The first-order chi connectivity index (χ1) is 7.19. The van der Waals surface area contributed by atoms with Crippen LogP contribution < -0.4 is 10.5 Å². The maximum Gasteiger partial charge on any atom is 0.149 e. The van der Waals surface area contributed by atoms with Gasteiger partial charge in [-0.15, -0.1) is 5.92 Å². The summed E-state index contributed by atoms with van der Waals surface area (Å²) in [6, 6.07) is 4.11. The van der Waals surface area contributed by atoms with E-state index in [0.29, 0.717) is 13.2 Å². The number of ether oxygens (including phenoxy) is 1. The van der Waals surface area contributed by atoms with Gasteiger partial charge in [-0.1, -0.05) is 18.1 Å². The molecule has 1 aromatic rings. The van der Waals surface area contributed by atoms with Crippen molar-refractivity contribution in [3.63, 3.8) is 0 Å². The summed E-state index contributed by atoms with van der Waals surface area (Å²) in [5.41, 5.74) is 8.97. The molecule has 0 heterocycles. The molecular formula is C13H17NO. The molecule has 0 radical (unpaired) electrons. The van der Waals surface area contributed by atoms with Crippen LogP contribution in [0.1, 0.15) is 23.6 Å². The molecule has 2 nitrogen and oxygen atoms in total. The Bertz CT molecular complexity index is 376. The molecule has 80 valence electrons. The zero-order valence-electron chi connectivity index (χ0n) is 9.55. The van der Waals surface area contributed by atoms with Crippen LogP contribution in [0, 0.1) is 25.7 Å². The van der Waals surface area contributed by atoms with Gasteiger partial charge in [-0.2, -0.15) is 0 Å². The normalized spacial score (nSPS) is 9.33. The number of hydrogen-bond acceptors (Lipinski definition) is 2. The maximum absolute atomic E-state index is 5.60. The van der Waals surface area contributed by atoms with Gasteiger partial charge >= 0.3 is 0 Å². The zero-order chi connectivity index (χ0) is 11.3. The van der Waals surface area contributed by atoms with E-state index in [9.17, 15) is 0 Å². The van der Waals surface area contributed by atoms with Crippen molar-refractivity contribution < 1.29 is 4.74 Å². The Kier molecular flexibility index (Phi) is 4.20. The molecule has 2 heteroatoms. The molecular weight excluding hydrogens is 186 g/mol. The fraction of sp³-hybridized carbons (Fsp3) is 0.385. The molecule has 0 aliphatic heterocycles. The SMILES string of the molecule is CC#CCOc1c(C)cc(CN)cc1C. The van der Waals surface area contributed by atoms with E-state index in [1.54, 1.807) is 6.92 Å². The van der Waals surface area contributed by atoms with Crippen LogP contribution in [-0.2, 0) is 6.54 Å². The molecule has 0 aromatic heterocycles. The van der Waals surface area contributed by atoms with Crippen molar-refractivity contribution in [1.82, 2.24) is 0 Å². The van der Waals surface area contributed by atoms with Crippen molar-refractivity contribution in [1.29, 1.82) is 0 Å². The Morgan fingerprint density at radius 1 is 1.27 bits per heavy atom. The van der Waals surface area contributed by atoms with Crippen LogP contribution in [-0.4, -0.2) is 6.61 Å². The molecule has 1 aromatic carbocycles. The van der Waals surface area contributed by atoms with Crippen molar-refractivity contribution in [3.05, 3.63) is 28.8 Å². The van der Waals surface area contributed by atoms with Gasteiger partial charge in [0.2, 0.25) is 0 Å². The lowest BCUT2D eigenvalue weighted by Gasteiger charge is -2.11. The lowest BCUT2D eigenvalue weighted by atomic mass is 10.1. The van der Waals surface area contributed by atoms with Crippen molar-refractivity contribution in [2.75, 3.05) is 6.61 Å². The summed E-state index contributed by atoms with van der Waals surface area (Å²) in [7, 11) is 0. The number of nitrogens with two attached hydrogens (primary N) is 1. The standard InChI is InChI=1S/C13H17NO/c1-4-5-6-15-13-10(2)7-12(9-14)8-11(13)3/h7-8H,6,9,14H2,1-3H3. The fourth-order valence-corrected chi connectivity index (χ4v) is 1.57. The second-order valence-electron chi connectivity index (χ2n) is 3.48. The molecule has 0 bridgehead atoms. The minimum absolute atomic E-state index is 0.445. The molecule has 0 unspecified atom stereocenters. The van der Waals surface area contributed by atoms with Gasteiger partial charge in [-0.05, 0) is 37.5 Å². The Hall–Kier alpha value is -1.46. The molecule has 0 aliphatic rings. The first-order valence-electron chi connectivity index (χ1n) is 5.01. The summed E-state index contributed by atoms with van der Waals surface area (Å²) in [6.07, 6.45) is 0. The quantitative estimate of drug-likeness (QED) is 0.764. The van der Waals surface area contributed by atoms with Gasteiger partial charge < -0.3 is 10.5 Å². The first-order valence-corrected chi connectivity index (χ1v) is 5.01. The van der Waals surface area contributed by atoms with Gasteiger partial charge in [-0.25, -0.2) is 0 Å². The summed E-state index contributed by atoms with van der Waals surface area (Å²) in [6.45, 7) is 6.87. The highest BCUT2D eigenvalue weighted by Gasteiger charge is 2.04. The third kappa shape index (κ3) is 3.00. The molecule has 2 N–H and O–H groups in total. The summed E-state index contributed by atoms with van der Waals surface area (Å²) in [4.78, 5) is 0. The van der Waals surface area contributed by atoms with Crippen LogP contribution in [0.3, 0.4) is 0 Å². The van der Waals surface area contributed by atoms with E-state index in [1.807, 2.05) is 13.8 Å². The van der Waals surface area contributed by atoms with Crippen LogP contribution in [0.4, 0.5) is 0 Å².